The number of para-hydroxylation sites is 1. The summed E-state index contributed by atoms with van der Waals surface area (Å²) < 4.78 is 2.28. The third-order valence-corrected chi connectivity index (χ3v) is 5.98. The fourth-order valence-electron chi connectivity index (χ4n) is 4.79. The quantitative estimate of drug-likeness (QED) is 0.924. The summed E-state index contributed by atoms with van der Waals surface area (Å²) in [6.45, 7) is 1.97. The van der Waals surface area contributed by atoms with Crippen molar-refractivity contribution in [3.05, 3.63) is 36.5 Å². The average molecular weight is 312 g/mol. The number of benzene rings is 1. The Morgan fingerprint density at radius 1 is 1.04 bits per heavy atom. The molecule has 0 radical (unpaired) electrons. The van der Waals surface area contributed by atoms with Gasteiger partial charge in [-0.25, -0.2) is 0 Å². The molecule has 0 spiro atoms. The van der Waals surface area contributed by atoms with Gasteiger partial charge in [-0.05, 0) is 49.1 Å². The Labute approximate surface area is 138 Å². The molecule has 124 valence electrons. The highest BCUT2D eigenvalue weighted by atomic mass is 16.3. The van der Waals surface area contributed by atoms with Crippen LogP contribution >= 0.6 is 0 Å². The van der Waals surface area contributed by atoms with Crippen LogP contribution in [0.3, 0.4) is 0 Å². The van der Waals surface area contributed by atoms with Crippen LogP contribution in [0, 0.1) is 5.92 Å². The van der Waals surface area contributed by atoms with Crippen molar-refractivity contribution in [3.8, 4) is 0 Å². The van der Waals surface area contributed by atoms with Gasteiger partial charge < -0.3 is 9.67 Å². The molecule has 2 fully saturated rings. The van der Waals surface area contributed by atoms with Crippen LogP contribution in [0.1, 0.15) is 44.9 Å². The lowest BCUT2D eigenvalue weighted by atomic mass is 9.78. The fraction of sp³-hybridized carbons (Fsp3) is 0.600. The average Bonchev–Trinajstić information content (AvgIpc) is 3.02. The summed E-state index contributed by atoms with van der Waals surface area (Å²) in [5.74, 6) is 0.833. The maximum atomic E-state index is 10.8. The van der Waals surface area contributed by atoms with E-state index in [0.717, 1.165) is 25.4 Å². The van der Waals surface area contributed by atoms with Crippen LogP contribution in [0.4, 0.5) is 0 Å². The molecule has 2 heterocycles. The Morgan fingerprint density at radius 3 is 2.83 bits per heavy atom. The van der Waals surface area contributed by atoms with Crippen molar-refractivity contribution in [2.75, 3.05) is 6.54 Å². The Bertz CT molecular complexity index is 648. The number of aromatic nitrogens is 1. The number of hydrogen-bond donors (Lipinski definition) is 1. The maximum absolute atomic E-state index is 10.8. The third kappa shape index (κ3) is 3.05. The number of hydrogen-bond acceptors (Lipinski definition) is 2. The second kappa shape index (κ2) is 6.66. The molecule has 3 heteroatoms. The summed E-state index contributed by atoms with van der Waals surface area (Å²) in [5, 5.41) is 12.1. The highest BCUT2D eigenvalue weighted by Crippen LogP contribution is 2.36. The molecule has 3 nitrogen and oxygen atoms in total. The van der Waals surface area contributed by atoms with Gasteiger partial charge in [-0.15, -0.1) is 0 Å². The molecule has 1 aliphatic heterocycles. The number of aliphatic hydroxyl groups excluding tert-OH is 1. The van der Waals surface area contributed by atoms with E-state index in [1.807, 2.05) is 0 Å². The van der Waals surface area contributed by atoms with Crippen molar-refractivity contribution in [3.63, 3.8) is 0 Å². The molecule has 23 heavy (non-hydrogen) atoms. The van der Waals surface area contributed by atoms with Gasteiger partial charge in [-0.3, -0.25) is 4.90 Å². The van der Waals surface area contributed by atoms with E-state index in [0.29, 0.717) is 6.04 Å². The first-order chi connectivity index (χ1) is 11.3. The van der Waals surface area contributed by atoms with E-state index < -0.39 is 0 Å². The zero-order valence-electron chi connectivity index (χ0n) is 13.9. The van der Waals surface area contributed by atoms with Crippen LogP contribution in [0.5, 0.6) is 0 Å². The number of rotatable bonds is 4. The number of piperidine rings is 1. The second-order valence-electron chi connectivity index (χ2n) is 7.33. The molecule has 2 aromatic rings. The first-order valence-corrected chi connectivity index (χ1v) is 9.30. The van der Waals surface area contributed by atoms with Crippen molar-refractivity contribution in [1.82, 2.24) is 9.47 Å². The first-order valence-electron chi connectivity index (χ1n) is 9.30. The summed E-state index contributed by atoms with van der Waals surface area (Å²) in [6.07, 6.45) is 10.7. The van der Waals surface area contributed by atoms with E-state index in [4.69, 9.17) is 0 Å². The number of aliphatic hydroxyl groups is 1. The van der Waals surface area contributed by atoms with E-state index in [1.54, 1.807) is 0 Å². The third-order valence-electron chi connectivity index (χ3n) is 5.98. The molecule has 2 aliphatic rings. The largest absolute Gasteiger partial charge is 0.378 e. The molecular formula is C20H28N2O. The van der Waals surface area contributed by atoms with Crippen molar-refractivity contribution < 1.29 is 5.11 Å². The van der Waals surface area contributed by atoms with Crippen LogP contribution in [-0.4, -0.2) is 33.4 Å². The minimum Gasteiger partial charge on any atom is -0.378 e. The van der Waals surface area contributed by atoms with E-state index in [1.165, 1.54) is 49.4 Å². The monoisotopic (exact) mass is 312 g/mol. The van der Waals surface area contributed by atoms with Gasteiger partial charge in [0.05, 0.1) is 0 Å². The Morgan fingerprint density at radius 2 is 1.87 bits per heavy atom. The predicted octanol–water partition coefficient (Wildman–Crippen LogP) is 4.00. The zero-order chi connectivity index (χ0) is 15.6. The molecule has 1 N–H and O–H groups in total. The summed E-state index contributed by atoms with van der Waals surface area (Å²) in [7, 11) is 0. The lowest BCUT2D eigenvalue weighted by Crippen LogP contribution is -2.51. The number of nitrogens with zero attached hydrogens (tertiary/aromatic N) is 2. The maximum Gasteiger partial charge on any atom is 0.109 e. The van der Waals surface area contributed by atoms with Gasteiger partial charge in [0.15, 0.2) is 0 Å². The molecule has 0 amide bonds. The summed E-state index contributed by atoms with van der Waals surface area (Å²) in [4.78, 5) is 2.42. The molecule has 1 aromatic heterocycles. The Hall–Kier alpha value is -1.32. The highest BCUT2D eigenvalue weighted by Gasteiger charge is 2.35. The van der Waals surface area contributed by atoms with Gasteiger partial charge >= 0.3 is 0 Å². The standard InChI is InChI=1S/C20H28N2O/c23-20(22-13-5-8-16-6-2-4-10-19(16)22)12-15-21-14-11-17-7-1-3-9-18(17)21/h1,3,7,9,11,14,16,19-20,23H,2,4-6,8,10,12-13,15H2. The number of aryl methyl sites for hydroxylation is 1. The second-order valence-corrected chi connectivity index (χ2v) is 7.33. The van der Waals surface area contributed by atoms with Gasteiger partial charge in [-0.1, -0.05) is 31.0 Å². The molecule has 3 unspecified atom stereocenters. The van der Waals surface area contributed by atoms with Crippen LogP contribution < -0.4 is 0 Å². The molecule has 4 rings (SSSR count). The van der Waals surface area contributed by atoms with Crippen molar-refractivity contribution in [2.24, 2.45) is 5.92 Å². The topological polar surface area (TPSA) is 28.4 Å². The van der Waals surface area contributed by atoms with Crippen LogP contribution in [-0.2, 0) is 6.54 Å². The Balaban J connectivity index is 1.42. The van der Waals surface area contributed by atoms with Crippen molar-refractivity contribution >= 4 is 10.9 Å². The van der Waals surface area contributed by atoms with Crippen molar-refractivity contribution in [1.29, 1.82) is 0 Å². The summed E-state index contributed by atoms with van der Waals surface area (Å²) in [6, 6.07) is 11.3. The van der Waals surface area contributed by atoms with Gasteiger partial charge in [0.25, 0.3) is 0 Å². The van der Waals surface area contributed by atoms with Gasteiger partial charge in [-0.2, -0.15) is 0 Å². The van der Waals surface area contributed by atoms with Crippen LogP contribution in [0.15, 0.2) is 36.5 Å². The van der Waals surface area contributed by atoms with E-state index in [2.05, 4.69) is 46.0 Å². The molecule has 1 saturated carbocycles. The minimum atomic E-state index is -0.290. The lowest BCUT2D eigenvalue weighted by molar-refractivity contribution is -0.0754. The first kappa shape index (κ1) is 15.2. The van der Waals surface area contributed by atoms with E-state index >= 15 is 0 Å². The lowest BCUT2D eigenvalue weighted by Gasteiger charge is -2.46. The van der Waals surface area contributed by atoms with Crippen LogP contribution in [0.2, 0.25) is 0 Å². The van der Waals surface area contributed by atoms with E-state index in [9.17, 15) is 5.11 Å². The van der Waals surface area contributed by atoms with E-state index in [-0.39, 0.29) is 6.23 Å². The van der Waals surface area contributed by atoms with Gasteiger partial charge in [0.1, 0.15) is 6.23 Å². The zero-order valence-corrected chi connectivity index (χ0v) is 13.9. The molecule has 1 aliphatic carbocycles. The normalized spacial score (nSPS) is 27.0. The highest BCUT2D eigenvalue weighted by molar-refractivity contribution is 5.79. The predicted molar refractivity (Wildman–Crippen MR) is 94.2 cm³/mol. The van der Waals surface area contributed by atoms with Gasteiger partial charge in [0, 0.05) is 37.3 Å². The molecule has 1 saturated heterocycles. The molecular weight excluding hydrogens is 284 g/mol. The smallest absolute Gasteiger partial charge is 0.109 e. The fourth-order valence-corrected chi connectivity index (χ4v) is 4.79. The number of fused-ring (bicyclic) bond motifs is 2. The SMILES string of the molecule is OC(CCn1ccc2ccccc21)N1CCCC2CCCCC21. The van der Waals surface area contributed by atoms with Crippen LogP contribution in [0.25, 0.3) is 10.9 Å². The van der Waals surface area contributed by atoms with Crippen molar-refractivity contribution in [2.45, 2.75) is 63.8 Å². The summed E-state index contributed by atoms with van der Waals surface area (Å²) in [5.41, 5.74) is 1.27. The molecule has 1 aromatic carbocycles. The minimum absolute atomic E-state index is 0.290. The number of likely N-dealkylation sites (tertiary alicyclic amines) is 1. The Kier molecular flexibility index (Phi) is 4.41. The summed E-state index contributed by atoms with van der Waals surface area (Å²) >= 11 is 0. The molecule has 3 atom stereocenters. The molecule has 0 bridgehead atoms. The van der Waals surface area contributed by atoms with Gasteiger partial charge in [0.2, 0.25) is 0 Å².